The minimum atomic E-state index is -1.28. The first-order chi connectivity index (χ1) is 7.18. The van der Waals surface area contributed by atoms with Crippen LogP contribution >= 0.6 is 0 Å². The van der Waals surface area contributed by atoms with Crippen molar-refractivity contribution < 1.29 is 50.8 Å². The number of carboxylic acid groups (broad SMARTS) is 3. The number of rotatable bonds is 5. The number of nitrogens with zero attached hydrogens (tertiary/aromatic N) is 1. The van der Waals surface area contributed by atoms with Gasteiger partial charge in [0.15, 0.2) is 5.92 Å². The zero-order valence-corrected chi connectivity index (χ0v) is 13.2. The molecule has 0 saturated heterocycles. The normalized spacial score (nSPS) is 8.05. The maximum atomic E-state index is 10.4. The van der Waals surface area contributed by atoms with Gasteiger partial charge in [0.05, 0.1) is 0 Å². The average Bonchev–Trinajstić information content (AvgIpc) is 2.00. The van der Waals surface area contributed by atoms with E-state index in [0.717, 1.165) is 6.92 Å². The van der Waals surface area contributed by atoms with E-state index in [0.29, 0.717) is 6.54 Å². The first kappa shape index (κ1) is 30.8. The summed E-state index contributed by atoms with van der Waals surface area (Å²) in [6.07, 6.45) is 0.137. The number of hydrogen-bond acceptors (Lipinski definition) is 4. The van der Waals surface area contributed by atoms with Gasteiger partial charge in [0.25, 0.3) is 5.97 Å². The predicted molar refractivity (Wildman–Crippen MR) is 65.8 cm³/mol. The SMILES string of the molecule is CC(=O)O.CN(C)CCC(C(=O)O)C(=O)O.[NH2-].[NH2-].[Pt+2]. The molecule has 0 radical (unpaired) electrons. The van der Waals surface area contributed by atoms with Crippen LogP contribution in [0.1, 0.15) is 13.3 Å². The molecule has 0 fully saturated rings. The maximum Gasteiger partial charge on any atom is 2.00 e. The van der Waals surface area contributed by atoms with Crippen LogP contribution in [0.4, 0.5) is 0 Å². The third kappa shape index (κ3) is 26.5. The summed E-state index contributed by atoms with van der Waals surface area (Å²) in [7, 11) is 3.53. The van der Waals surface area contributed by atoms with Crippen molar-refractivity contribution >= 4 is 17.9 Å². The molecule has 0 aliphatic heterocycles. The van der Waals surface area contributed by atoms with E-state index >= 15 is 0 Å². The minimum absolute atomic E-state index is 0. The molecule has 0 aromatic carbocycles. The van der Waals surface area contributed by atoms with E-state index in [-0.39, 0.29) is 39.8 Å². The molecule has 0 spiro atoms. The monoisotopic (exact) mass is 462 g/mol. The molecule has 0 heterocycles. The zero-order valence-electron chi connectivity index (χ0n) is 11.0. The number of carbonyl (C=O) groups is 3. The summed E-state index contributed by atoms with van der Waals surface area (Å²) in [5.74, 6) is -4.67. The number of aliphatic carboxylic acids is 3. The third-order valence-electron chi connectivity index (χ3n) is 1.46. The minimum Gasteiger partial charge on any atom is -0.693 e. The Morgan fingerprint density at radius 1 is 1.00 bits per heavy atom. The van der Waals surface area contributed by atoms with Crippen molar-refractivity contribution in [1.29, 1.82) is 0 Å². The Hall–Kier alpha value is -1.02. The molecule has 7 N–H and O–H groups in total. The zero-order chi connectivity index (χ0) is 13.3. The van der Waals surface area contributed by atoms with E-state index in [2.05, 4.69) is 0 Å². The van der Waals surface area contributed by atoms with Gasteiger partial charge >= 0.3 is 33.0 Å². The van der Waals surface area contributed by atoms with E-state index in [1.165, 1.54) is 0 Å². The summed E-state index contributed by atoms with van der Waals surface area (Å²) < 4.78 is 0. The Morgan fingerprint density at radius 3 is 1.42 bits per heavy atom. The van der Waals surface area contributed by atoms with E-state index in [4.69, 9.17) is 20.1 Å². The van der Waals surface area contributed by atoms with Crippen LogP contribution in [0.25, 0.3) is 12.3 Å². The van der Waals surface area contributed by atoms with Crippen LogP contribution in [-0.4, -0.2) is 58.8 Å². The average molecular weight is 462 g/mol. The summed E-state index contributed by atoms with van der Waals surface area (Å²) in [5, 5.41) is 24.3. The van der Waals surface area contributed by atoms with Crippen LogP contribution in [0.2, 0.25) is 0 Å². The Labute approximate surface area is 126 Å². The van der Waals surface area contributed by atoms with Crippen LogP contribution < -0.4 is 0 Å². The Bertz CT molecular complexity index is 244. The summed E-state index contributed by atoms with van der Waals surface area (Å²) >= 11 is 0. The second-order valence-corrected chi connectivity index (χ2v) is 3.34. The molecule has 9 nitrogen and oxygen atoms in total. The molecule has 118 valence electrons. The molecule has 10 heteroatoms. The van der Waals surface area contributed by atoms with Gasteiger partial charge in [-0.15, -0.1) is 0 Å². The van der Waals surface area contributed by atoms with Gasteiger partial charge in [-0.05, 0) is 27.1 Å². The first-order valence-electron chi connectivity index (χ1n) is 4.48. The van der Waals surface area contributed by atoms with Gasteiger partial charge in [-0.25, -0.2) is 0 Å². The molecule has 19 heavy (non-hydrogen) atoms. The summed E-state index contributed by atoms with van der Waals surface area (Å²) in [5.41, 5.74) is 0. The van der Waals surface area contributed by atoms with Crippen LogP contribution in [0.3, 0.4) is 0 Å². The van der Waals surface area contributed by atoms with Crippen LogP contribution in [-0.2, 0) is 35.4 Å². The molecule has 0 atom stereocenters. The van der Waals surface area contributed by atoms with Crippen molar-refractivity contribution in [3.63, 3.8) is 0 Å². The molecule has 0 rings (SSSR count). The summed E-state index contributed by atoms with van der Waals surface area (Å²) in [6.45, 7) is 1.54. The predicted octanol–water partition coefficient (Wildman–Crippen LogP) is 1.25. The van der Waals surface area contributed by atoms with Crippen LogP contribution in [0.15, 0.2) is 0 Å². The molecule has 0 amide bonds. The molecule has 0 unspecified atom stereocenters. The standard InChI is InChI=1S/C7H13NO4.C2H4O2.2H2N.Pt/c1-8(2)4-3-5(6(9)10)7(11)12;1-2(3)4;;;/h5H,3-4H2,1-2H3,(H,9,10)(H,11,12);1H3,(H,3,4);2*1H2;/q;;2*-1;+2. The van der Waals surface area contributed by atoms with E-state index in [1.807, 2.05) is 0 Å². The fraction of sp³-hybridized carbons (Fsp3) is 0.667. The van der Waals surface area contributed by atoms with Gasteiger partial charge in [-0.1, -0.05) is 0 Å². The maximum absolute atomic E-state index is 10.4. The first-order valence-corrected chi connectivity index (χ1v) is 4.48. The molecular weight excluding hydrogens is 441 g/mol. The quantitative estimate of drug-likeness (QED) is 0.514. The smallest absolute Gasteiger partial charge is 0.693 e. The molecule has 0 aliphatic carbocycles. The molecule has 0 aliphatic rings. The molecule has 0 saturated carbocycles. The Kier molecular flexibility index (Phi) is 27.5. The fourth-order valence-corrected chi connectivity index (χ4v) is 0.740. The van der Waals surface area contributed by atoms with Crippen molar-refractivity contribution in [3.05, 3.63) is 12.3 Å². The van der Waals surface area contributed by atoms with Crippen molar-refractivity contribution in [2.75, 3.05) is 20.6 Å². The summed E-state index contributed by atoms with van der Waals surface area (Å²) in [4.78, 5) is 31.5. The number of carboxylic acids is 3. The molecule has 0 bridgehead atoms. The Balaban J connectivity index is -0.0000000827. The van der Waals surface area contributed by atoms with E-state index in [9.17, 15) is 9.59 Å². The van der Waals surface area contributed by atoms with Crippen molar-refractivity contribution in [2.45, 2.75) is 13.3 Å². The van der Waals surface area contributed by atoms with Gasteiger partial charge in [0.2, 0.25) is 0 Å². The van der Waals surface area contributed by atoms with Crippen molar-refractivity contribution in [3.8, 4) is 0 Å². The van der Waals surface area contributed by atoms with Crippen LogP contribution in [0, 0.1) is 5.92 Å². The number of hydrogen-bond donors (Lipinski definition) is 3. The second-order valence-electron chi connectivity index (χ2n) is 3.34. The number of nitrogens with two attached hydrogens (primary N) is 2. The van der Waals surface area contributed by atoms with E-state index < -0.39 is 23.8 Å². The second kappa shape index (κ2) is 17.0. The molecular formula is C9H21N3O6Pt. The van der Waals surface area contributed by atoms with Crippen molar-refractivity contribution in [2.24, 2.45) is 5.92 Å². The van der Waals surface area contributed by atoms with Gasteiger partial charge in [-0.2, -0.15) is 0 Å². The van der Waals surface area contributed by atoms with Crippen LogP contribution in [0.5, 0.6) is 0 Å². The Morgan fingerprint density at radius 2 is 1.26 bits per heavy atom. The summed E-state index contributed by atoms with van der Waals surface area (Å²) in [6, 6.07) is 0. The topological polar surface area (TPSA) is 182 Å². The van der Waals surface area contributed by atoms with Gasteiger partial charge in [-0.3, -0.25) is 14.4 Å². The fourth-order valence-electron chi connectivity index (χ4n) is 0.740. The van der Waals surface area contributed by atoms with Crippen molar-refractivity contribution in [1.82, 2.24) is 4.90 Å². The molecule has 0 aromatic heterocycles. The largest absolute Gasteiger partial charge is 2.00 e. The van der Waals surface area contributed by atoms with E-state index in [1.54, 1.807) is 19.0 Å². The third-order valence-corrected chi connectivity index (χ3v) is 1.46. The van der Waals surface area contributed by atoms with Gasteiger partial charge in [0, 0.05) is 6.92 Å². The molecule has 0 aromatic rings. The van der Waals surface area contributed by atoms with Gasteiger partial charge in [0.1, 0.15) is 0 Å². The van der Waals surface area contributed by atoms with Gasteiger partial charge < -0.3 is 32.5 Å².